The highest BCUT2D eigenvalue weighted by molar-refractivity contribution is 6.15. The minimum absolute atomic E-state index is 0.179. The van der Waals surface area contributed by atoms with Crippen molar-refractivity contribution in [2.45, 2.75) is 11.8 Å². The molecule has 2 aliphatic rings. The summed E-state index contributed by atoms with van der Waals surface area (Å²) in [6.07, 6.45) is -0.179. The van der Waals surface area contributed by atoms with E-state index in [9.17, 15) is 18.4 Å². The second kappa shape index (κ2) is 4.38. The molecule has 1 unspecified atom stereocenters. The van der Waals surface area contributed by atoms with Gasteiger partial charge in [-0.15, -0.1) is 0 Å². The van der Waals surface area contributed by atoms with Gasteiger partial charge in [-0.05, 0) is 34.9 Å². The van der Waals surface area contributed by atoms with Crippen molar-refractivity contribution in [2.24, 2.45) is 0 Å². The maximum absolute atomic E-state index is 14.0. The lowest BCUT2D eigenvalue weighted by Gasteiger charge is -2.22. The van der Waals surface area contributed by atoms with Crippen LogP contribution in [0.2, 0.25) is 0 Å². The molecule has 1 heterocycles. The van der Waals surface area contributed by atoms with E-state index >= 15 is 0 Å². The van der Waals surface area contributed by atoms with Crippen LogP contribution in [-0.4, -0.2) is 18.9 Å². The van der Waals surface area contributed by atoms with Gasteiger partial charge in [0.1, 0.15) is 22.8 Å². The summed E-state index contributed by atoms with van der Waals surface area (Å²) < 4.78 is 33.0. The largest absolute Gasteiger partial charge is 0.496 e. The van der Waals surface area contributed by atoms with Gasteiger partial charge in [0, 0.05) is 18.1 Å². The first-order valence-electron chi connectivity index (χ1n) is 7.00. The average molecular weight is 315 g/mol. The van der Waals surface area contributed by atoms with E-state index in [1.54, 1.807) is 0 Å². The minimum Gasteiger partial charge on any atom is -0.496 e. The maximum Gasteiger partial charge on any atom is 0.242 e. The predicted molar refractivity (Wildman–Crippen MR) is 76.9 cm³/mol. The minimum atomic E-state index is -1.40. The van der Waals surface area contributed by atoms with Gasteiger partial charge in [0.2, 0.25) is 11.8 Å². The van der Waals surface area contributed by atoms with Gasteiger partial charge in [0.05, 0.1) is 7.11 Å². The number of methoxy groups -OCH3 is 1. The Labute approximate surface area is 130 Å². The molecule has 1 aliphatic carbocycles. The molecule has 0 bridgehead atoms. The molecule has 2 amide bonds. The van der Waals surface area contributed by atoms with E-state index in [2.05, 4.69) is 5.32 Å². The first-order chi connectivity index (χ1) is 11.0. The number of amides is 2. The molecule has 4 nitrogen and oxygen atoms in total. The van der Waals surface area contributed by atoms with Crippen molar-refractivity contribution in [3.8, 4) is 16.9 Å². The lowest BCUT2D eigenvalue weighted by molar-refractivity contribution is -0.125. The standard InChI is InChI=1S/C17H11F2NO3/c1-23-13-6-9(19)5-12-15(13)10-3-2-8(18)4-11(10)17(12)7-14(21)20-16(17)22/h2-6H,7H2,1H3,(H,20,21,22). The number of hydrogen-bond acceptors (Lipinski definition) is 3. The highest BCUT2D eigenvalue weighted by Gasteiger charge is 2.55. The van der Waals surface area contributed by atoms with Crippen molar-refractivity contribution in [2.75, 3.05) is 7.11 Å². The summed E-state index contributed by atoms with van der Waals surface area (Å²) in [7, 11) is 1.39. The fraction of sp³-hybridized carbons (Fsp3) is 0.176. The summed E-state index contributed by atoms with van der Waals surface area (Å²) in [5.41, 5.74) is 0.383. The van der Waals surface area contributed by atoms with Gasteiger partial charge in [-0.25, -0.2) is 8.78 Å². The van der Waals surface area contributed by atoms with Crippen molar-refractivity contribution in [1.29, 1.82) is 0 Å². The predicted octanol–water partition coefficient (Wildman–Crippen LogP) is 2.29. The molecular weight excluding hydrogens is 304 g/mol. The SMILES string of the molecule is COc1cc(F)cc2c1-c1ccc(F)cc1C21CC(=O)NC1=O. The van der Waals surface area contributed by atoms with E-state index in [0.29, 0.717) is 22.3 Å². The summed E-state index contributed by atoms with van der Waals surface area (Å²) in [4.78, 5) is 24.3. The van der Waals surface area contributed by atoms with Crippen molar-refractivity contribution in [3.05, 3.63) is 53.1 Å². The molecule has 6 heteroatoms. The van der Waals surface area contributed by atoms with E-state index in [-0.39, 0.29) is 12.2 Å². The Balaban J connectivity index is 2.15. The van der Waals surface area contributed by atoms with E-state index in [1.807, 2.05) is 0 Å². The van der Waals surface area contributed by atoms with Crippen LogP contribution in [0.15, 0.2) is 30.3 Å². The lowest BCUT2D eigenvalue weighted by atomic mass is 9.76. The van der Waals surface area contributed by atoms with Crippen molar-refractivity contribution >= 4 is 11.8 Å². The fourth-order valence-electron chi connectivity index (χ4n) is 3.62. The zero-order valence-corrected chi connectivity index (χ0v) is 12.1. The van der Waals surface area contributed by atoms with Gasteiger partial charge < -0.3 is 4.74 Å². The summed E-state index contributed by atoms with van der Waals surface area (Å²) in [6.45, 7) is 0. The van der Waals surface area contributed by atoms with E-state index in [0.717, 1.165) is 0 Å². The van der Waals surface area contributed by atoms with Crippen LogP contribution in [0, 0.1) is 11.6 Å². The Morgan fingerprint density at radius 3 is 2.48 bits per heavy atom. The van der Waals surface area contributed by atoms with Gasteiger partial charge in [0.15, 0.2) is 0 Å². The molecule has 1 fully saturated rings. The van der Waals surface area contributed by atoms with Crippen molar-refractivity contribution in [1.82, 2.24) is 5.32 Å². The van der Waals surface area contributed by atoms with Gasteiger partial charge in [-0.2, -0.15) is 0 Å². The van der Waals surface area contributed by atoms with Crippen LogP contribution < -0.4 is 10.1 Å². The van der Waals surface area contributed by atoms with Crippen LogP contribution in [0.3, 0.4) is 0 Å². The van der Waals surface area contributed by atoms with Gasteiger partial charge in [0.25, 0.3) is 0 Å². The number of rotatable bonds is 1. The molecule has 1 aliphatic heterocycles. The van der Waals surface area contributed by atoms with Crippen molar-refractivity contribution in [3.63, 3.8) is 0 Å². The zero-order valence-electron chi connectivity index (χ0n) is 12.1. The monoisotopic (exact) mass is 315 g/mol. The number of nitrogens with one attached hydrogen (secondary N) is 1. The highest BCUT2D eigenvalue weighted by atomic mass is 19.1. The third-order valence-electron chi connectivity index (χ3n) is 4.52. The molecule has 1 N–H and O–H groups in total. The number of carbonyl (C=O) groups excluding carboxylic acids is 2. The van der Waals surface area contributed by atoms with Gasteiger partial charge in [-0.1, -0.05) is 6.07 Å². The van der Waals surface area contributed by atoms with Crippen LogP contribution in [0.4, 0.5) is 8.78 Å². The van der Waals surface area contributed by atoms with E-state index < -0.39 is 28.9 Å². The smallest absolute Gasteiger partial charge is 0.242 e. The maximum atomic E-state index is 14.0. The molecule has 1 saturated heterocycles. The Morgan fingerprint density at radius 2 is 1.83 bits per heavy atom. The quantitative estimate of drug-likeness (QED) is 0.822. The molecule has 23 heavy (non-hydrogen) atoms. The van der Waals surface area contributed by atoms with Crippen LogP contribution in [0.5, 0.6) is 5.75 Å². The molecule has 1 spiro atoms. The normalized spacial score (nSPS) is 21.3. The van der Waals surface area contributed by atoms with Crippen molar-refractivity contribution < 1.29 is 23.1 Å². The third kappa shape index (κ3) is 1.63. The average Bonchev–Trinajstić information content (AvgIpc) is 2.95. The molecular formula is C17H11F2NO3. The molecule has 0 aromatic heterocycles. The van der Waals surface area contributed by atoms with Crippen LogP contribution in [0.25, 0.3) is 11.1 Å². The molecule has 1 atom stereocenters. The number of halogens is 2. The van der Waals surface area contributed by atoms with Gasteiger partial charge >= 0.3 is 0 Å². The van der Waals surface area contributed by atoms with Crippen LogP contribution >= 0.6 is 0 Å². The summed E-state index contributed by atoms with van der Waals surface area (Å²) in [5.74, 6) is -1.90. The summed E-state index contributed by atoms with van der Waals surface area (Å²) in [5, 5.41) is 2.24. The summed E-state index contributed by atoms with van der Waals surface area (Å²) in [6, 6.07) is 6.44. The number of fused-ring (bicyclic) bond motifs is 5. The number of ether oxygens (including phenoxy) is 1. The number of imide groups is 1. The van der Waals surface area contributed by atoms with Crippen LogP contribution in [0.1, 0.15) is 17.5 Å². The molecule has 2 aromatic carbocycles. The molecule has 0 radical (unpaired) electrons. The lowest BCUT2D eigenvalue weighted by Crippen LogP contribution is -2.35. The Morgan fingerprint density at radius 1 is 1.09 bits per heavy atom. The first-order valence-corrected chi connectivity index (χ1v) is 7.00. The molecule has 2 aromatic rings. The molecule has 116 valence electrons. The molecule has 4 rings (SSSR count). The summed E-state index contributed by atoms with van der Waals surface area (Å²) >= 11 is 0. The Hall–Kier alpha value is -2.76. The fourth-order valence-corrected chi connectivity index (χ4v) is 3.62. The zero-order chi connectivity index (χ0) is 16.4. The highest BCUT2D eigenvalue weighted by Crippen LogP contribution is 2.55. The number of benzene rings is 2. The third-order valence-corrected chi connectivity index (χ3v) is 4.52. The second-order valence-electron chi connectivity index (χ2n) is 5.68. The Bertz CT molecular complexity index is 894. The van der Waals surface area contributed by atoms with Gasteiger partial charge in [-0.3, -0.25) is 14.9 Å². The van der Waals surface area contributed by atoms with E-state index in [1.165, 1.54) is 37.4 Å². The topological polar surface area (TPSA) is 55.4 Å². The van der Waals surface area contributed by atoms with Crippen LogP contribution in [-0.2, 0) is 15.0 Å². The number of carbonyl (C=O) groups is 2. The number of hydrogen-bond donors (Lipinski definition) is 1. The Kier molecular flexibility index (Phi) is 2.64. The molecule has 0 saturated carbocycles. The second-order valence-corrected chi connectivity index (χ2v) is 5.68. The van der Waals surface area contributed by atoms with E-state index in [4.69, 9.17) is 4.74 Å². The first kappa shape index (κ1) is 13.9.